The minimum absolute atomic E-state index is 0.215. The van der Waals surface area contributed by atoms with E-state index in [1.54, 1.807) is 18.2 Å². The average molecular weight is 356 g/mol. The van der Waals surface area contributed by atoms with Crippen molar-refractivity contribution in [2.24, 2.45) is 5.73 Å². The second-order valence-corrected chi connectivity index (χ2v) is 6.07. The Bertz CT molecular complexity index is 673. The Hall–Kier alpha value is -1.56. The number of amides is 1. The monoisotopic (exact) mass is 355 g/mol. The number of carbonyl (C=O) groups excluding carboxylic acids is 1. The number of hydrogen-bond acceptors (Lipinski definition) is 4. The zero-order valence-electron chi connectivity index (χ0n) is 12.8. The molecule has 0 bridgehead atoms. The summed E-state index contributed by atoms with van der Waals surface area (Å²) in [4.78, 5) is 16.2. The molecule has 0 spiro atoms. The minimum atomic E-state index is -0.325. The van der Waals surface area contributed by atoms with E-state index in [9.17, 15) is 4.79 Å². The summed E-state index contributed by atoms with van der Waals surface area (Å²) in [6.45, 7) is 2.41. The zero-order valence-corrected chi connectivity index (χ0v) is 14.3. The van der Waals surface area contributed by atoms with Gasteiger partial charge in [-0.25, -0.2) is 4.98 Å². The van der Waals surface area contributed by atoms with Gasteiger partial charge in [-0.2, -0.15) is 0 Å². The first-order chi connectivity index (χ1) is 11.0. The SMILES string of the molecule is CCCCC(N)c1nc(C(=O)NCc2ccc(Cl)c(Cl)c2)co1. The predicted molar refractivity (Wildman–Crippen MR) is 90.6 cm³/mol. The van der Waals surface area contributed by atoms with E-state index in [1.807, 2.05) is 0 Å². The van der Waals surface area contributed by atoms with E-state index in [2.05, 4.69) is 17.2 Å². The molecule has 7 heteroatoms. The second-order valence-electron chi connectivity index (χ2n) is 5.25. The molecular formula is C16H19Cl2N3O2. The summed E-state index contributed by atoms with van der Waals surface area (Å²) in [6, 6.07) is 4.90. The highest BCUT2D eigenvalue weighted by molar-refractivity contribution is 6.42. The molecule has 0 aliphatic rings. The Morgan fingerprint density at radius 2 is 2.17 bits per heavy atom. The van der Waals surface area contributed by atoms with Crippen molar-refractivity contribution in [2.45, 2.75) is 38.8 Å². The third-order valence-corrected chi connectivity index (χ3v) is 4.12. The number of rotatable bonds is 7. The van der Waals surface area contributed by atoms with Crippen LogP contribution >= 0.6 is 23.2 Å². The Morgan fingerprint density at radius 1 is 1.39 bits per heavy atom. The molecule has 0 saturated carbocycles. The van der Waals surface area contributed by atoms with E-state index >= 15 is 0 Å². The fourth-order valence-electron chi connectivity index (χ4n) is 2.03. The number of hydrogen-bond donors (Lipinski definition) is 2. The van der Waals surface area contributed by atoms with E-state index in [4.69, 9.17) is 33.4 Å². The summed E-state index contributed by atoms with van der Waals surface area (Å²) >= 11 is 11.8. The maximum atomic E-state index is 12.1. The van der Waals surface area contributed by atoms with Crippen LogP contribution in [-0.2, 0) is 6.54 Å². The van der Waals surface area contributed by atoms with Crippen LogP contribution in [0.5, 0.6) is 0 Å². The molecular weight excluding hydrogens is 337 g/mol. The third kappa shape index (κ3) is 4.96. The fraction of sp³-hybridized carbons (Fsp3) is 0.375. The maximum absolute atomic E-state index is 12.1. The molecule has 1 unspecified atom stereocenters. The van der Waals surface area contributed by atoms with Gasteiger partial charge in [-0.15, -0.1) is 0 Å². The number of nitrogens with one attached hydrogen (secondary N) is 1. The number of carbonyl (C=O) groups is 1. The van der Waals surface area contributed by atoms with Gasteiger partial charge in [-0.3, -0.25) is 4.79 Å². The number of nitrogens with zero attached hydrogens (tertiary/aromatic N) is 1. The Labute approximate surface area is 145 Å². The third-order valence-electron chi connectivity index (χ3n) is 3.38. The van der Waals surface area contributed by atoms with Gasteiger partial charge < -0.3 is 15.5 Å². The fourth-order valence-corrected chi connectivity index (χ4v) is 2.35. The lowest BCUT2D eigenvalue weighted by Gasteiger charge is -2.05. The van der Waals surface area contributed by atoms with Gasteiger partial charge in [-0.1, -0.05) is 49.0 Å². The van der Waals surface area contributed by atoms with E-state index in [0.717, 1.165) is 24.8 Å². The largest absolute Gasteiger partial charge is 0.446 e. The molecule has 3 N–H and O–H groups in total. The zero-order chi connectivity index (χ0) is 16.8. The van der Waals surface area contributed by atoms with Gasteiger partial charge in [0.05, 0.1) is 16.1 Å². The van der Waals surface area contributed by atoms with E-state index < -0.39 is 0 Å². The average Bonchev–Trinajstić information content (AvgIpc) is 3.03. The lowest BCUT2D eigenvalue weighted by Crippen LogP contribution is -2.23. The molecule has 2 rings (SSSR count). The smallest absolute Gasteiger partial charge is 0.273 e. The standard InChI is InChI=1S/C16H19Cl2N3O2/c1-2-3-4-13(19)16-21-14(9-23-16)15(22)20-8-10-5-6-11(17)12(18)7-10/h5-7,9,13H,2-4,8,19H2,1H3,(H,20,22). The summed E-state index contributed by atoms with van der Waals surface area (Å²) in [5.41, 5.74) is 7.03. The molecule has 0 fully saturated rings. The van der Waals surface area contributed by atoms with Crippen LogP contribution in [0.2, 0.25) is 10.0 Å². The van der Waals surface area contributed by atoms with Gasteiger partial charge in [0.1, 0.15) is 6.26 Å². The molecule has 0 aliphatic carbocycles. The van der Waals surface area contributed by atoms with Gasteiger partial charge in [0.2, 0.25) is 5.89 Å². The maximum Gasteiger partial charge on any atom is 0.273 e. The first-order valence-electron chi connectivity index (χ1n) is 7.44. The van der Waals surface area contributed by atoms with Crippen molar-refractivity contribution < 1.29 is 9.21 Å². The van der Waals surface area contributed by atoms with Crippen molar-refractivity contribution in [3.63, 3.8) is 0 Å². The molecule has 124 valence electrons. The Morgan fingerprint density at radius 3 is 2.87 bits per heavy atom. The molecule has 0 aliphatic heterocycles. The van der Waals surface area contributed by atoms with Crippen LogP contribution in [0.1, 0.15) is 54.2 Å². The summed E-state index contributed by atoms with van der Waals surface area (Å²) in [6.07, 6.45) is 4.14. The Kier molecular flexibility index (Phi) is 6.45. The van der Waals surface area contributed by atoms with Gasteiger partial charge in [-0.05, 0) is 24.1 Å². The molecule has 0 saturated heterocycles. The molecule has 23 heavy (non-hydrogen) atoms. The van der Waals surface area contributed by atoms with Crippen LogP contribution < -0.4 is 11.1 Å². The molecule has 1 aromatic heterocycles. The lowest BCUT2D eigenvalue weighted by molar-refractivity contribution is 0.0946. The molecule has 5 nitrogen and oxygen atoms in total. The summed E-state index contributed by atoms with van der Waals surface area (Å²) in [5.74, 6) is 0.0619. The number of aromatic nitrogens is 1. The normalized spacial score (nSPS) is 12.2. The number of halogens is 2. The van der Waals surface area contributed by atoms with E-state index in [1.165, 1.54) is 6.26 Å². The first-order valence-corrected chi connectivity index (χ1v) is 8.20. The van der Waals surface area contributed by atoms with Crippen LogP contribution in [0.15, 0.2) is 28.9 Å². The van der Waals surface area contributed by atoms with Gasteiger partial charge >= 0.3 is 0 Å². The highest BCUT2D eigenvalue weighted by Crippen LogP contribution is 2.22. The van der Waals surface area contributed by atoms with Crippen LogP contribution in [0.25, 0.3) is 0 Å². The van der Waals surface area contributed by atoms with E-state index in [-0.39, 0.29) is 17.6 Å². The Balaban J connectivity index is 1.93. The quantitative estimate of drug-likeness (QED) is 0.783. The number of oxazole rings is 1. The molecule has 1 amide bonds. The van der Waals surface area contributed by atoms with Crippen LogP contribution in [-0.4, -0.2) is 10.9 Å². The number of nitrogens with two attached hydrogens (primary N) is 1. The van der Waals surface area contributed by atoms with Crippen molar-refractivity contribution in [1.82, 2.24) is 10.3 Å². The van der Waals surface area contributed by atoms with Crippen LogP contribution in [0.4, 0.5) is 0 Å². The van der Waals surface area contributed by atoms with Gasteiger partial charge in [0.15, 0.2) is 5.69 Å². The van der Waals surface area contributed by atoms with Crippen LogP contribution in [0, 0.1) is 0 Å². The summed E-state index contributed by atoms with van der Waals surface area (Å²) in [7, 11) is 0. The molecule has 1 atom stereocenters. The van der Waals surface area contributed by atoms with Crippen molar-refractivity contribution >= 4 is 29.1 Å². The van der Waals surface area contributed by atoms with Crippen molar-refractivity contribution in [3.8, 4) is 0 Å². The molecule has 1 aromatic carbocycles. The van der Waals surface area contributed by atoms with Crippen molar-refractivity contribution in [1.29, 1.82) is 0 Å². The lowest BCUT2D eigenvalue weighted by atomic mass is 10.1. The molecule has 0 radical (unpaired) electrons. The molecule has 1 heterocycles. The second kappa shape index (κ2) is 8.34. The minimum Gasteiger partial charge on any atom is -0.446 e. The predicted octanol–water partition coefficient (Wildman–Crippen LogP) is 4.10. The van der Waals surface area contributed by atoms with Crippen LogP contribution in [0.3, 0.4) is 0 Å². The van der Waals surface area contributed by atoms with Gasteiger partial charge in [0.25, 0.3) is 5.91 Å². The highest BCUT2D eigenvalue weighted by atomic mass is 35.5. The molecule has 2 aromatic rings. The topological polar surface area (TPSA) is 81.1 Å². The van der Waals surface area contributed by atoms with E-state index in [0.29, 0.717) is 22.5 Å². The summed E-state index contributed by atoms with van der Waals surface area (Å²) < 4.78 is 5.30. The first kappa shape index (κ1) is 17.8. The van der Waals surface area contributed by atoms with Gasteiger partial charge in [0, 0.05) is 6.54 Å². The highest BCUT2D eigenvalue weighted by Gasteiger charge is 2.16. The van der Waals surface area contributed by atoms with Crippen molar-refractivity contribution in [3.05, 3.63) is 51.7 Å². The van der Waals surface area contributed by atoms with Crippen molar-refractivity contribution in [2.75, 3.05) is 0 Å². The number of benzene rings is 1. The number of unbranched alkanes of at least 4 members (excludes halogenated alkanes) is 1. The summed E-state index contributed by atoms with van der Waals surface area (Å²) in [5, 5.41) is 3.68.